The van der Waals surface area contributed by atoms with Crippen LogP contribution in [0.3, 0.4) is 0 Å². The fourth-order valence-electron chi connectivity index (χ4n) is 3.77. The van der Waals surface area contributed by atoms with Crippen LogP contribution in [0.1, 0.15) is 40.5 Å². The number of piperidine rings is 1. The smallest absolute Gasteiger partial charge is 0.149 e. The fourth-order valence-corrected chi connectivity index (χ4v) is 3.77. The molecule has 2 fully saturated rings. The molecule has 0 bridgehead atoms. The number of piperazine rings is 1. The molecule has 0 saturated carbocycles. The molecule has 134 valence electrons. The van der Waals surface area contributed by atoms with Crippen molar-refractivity contribution in [1.82, 2.24) is 14.7 Å². The van der Waals surface area contributed by atoms with Gasteiger partial charge >= 0.3 is 0 Å². The normalized spacial score (nSPS) is 23.0. The second-order valence-electron chi connectivity index (χ2n) is 8.34. The maximum Gasteiger partial charge on any atom is 0.149 e. The number of rotatable bonds is 7. The van der Waals surface area contributed by atoms with Crippen molar-refractivity contribution in [1.29, 1.82) is 0 Å². The lowest BCUT2D eigenvalue weighted by atomic mass is 9.95. The van der Waals surface area contributed by atoms with Gasteiger partial charge in [0, 0.05) is 45.2 Å². The highest BCUT2D eigenvalue weighted by molar-refractivity contribution is 5.82. The summed E-state index contributed by atoms with van der Waals surface area (Å²) in [5.74, 6) is 2.22. The lowest BCUT2D eigenvalue weighted by Crippen LogP contribution is -2.50. The number of ketones is 1. The summed E-state index contributed by atoms with van der Waals surface area (Å²) in [4.78, 5) is 19.5. The third kappa shape index (κ3) is 6.52. The molecule has 0 aromatic heterocycles. The summed E-state index contributed by atoms with van der Waals surface area (Å²) in [6, 6.07) is 0. The quantitative estimate of drug-likeness (QED) is 0.718. The second-order valence-corrected chi connectivity index (χ2v) is 8.34. The first-order chi connectivity index (χ1) is 10.9. The Morgan fingerprint density at radius 2 is 1.43 bits per heavy atom. The van der Waals surface area contributed by atoms with Crippen molar-refractivity contribution < 1.29 is 4.79 Å². The summed E-state index contributed by atoms with van der Waals surface area (Å²) in [6.45, 7) is 18.8. The van der Waals surface area contributed by atoms with Crippen LogP contribution in [0.4, 0.5) is 0 Å². The Bertz CT molecular complexity index is 354. The lowest BCUT2D eigenvalue weighted by molar-refractivity contribution is -0.123. The van der Waals surface area contributed by atoms with Crippen LogP contribution in [0.5, 0.6) is 0 Å². The van der Waals surface area contributed by atoms with Gasteiger partial charge in [-0.15, -0.1) is 0 Å². The molecule has 2 aliphatic heterocycles. The average molecular weight is 324 g/mol. The van der Waals surface area contributed by atoms with Gasteiger partial charge in [-0.3, -0.25) is 9.69 Å². The molecule has 0 aliphatic carbocycles. The van der Waals surface area contributed by atoms with Gasteiger partial charge in [-0.05, 0) is 37.8 Å². The van der Waals surface area contributed by atoms with Gasteiger partial charge < -0.3 is 9.80 Å². The van der Waals surface area contributed by atoms with Crippen LogP contribution in [-0.2, 0) is 4.79 Å². The van der Waals surface area contributed by atoms with Crippen LogP contribution in [0.15, 0.2) is 0 Å². The first-order valence-corrected chi connectivity index (χ1v) is 9.63. The Labute approximate surface area is 143 Å². The van der Waals surface area contributed by atoms with Crippen LogP contribution < -0.4 is 0 Å². The minimum Gasteiger partial charge on any atom is -0.303 e. The van der Waals surface area contributed by atoms with Gasteiger partial charge in [-0.25, -0.2) is 0 Å². The van der Waals surface area contributed by atoms with E-state index in [4.69, 9.17) is 0 Å². The zero-order valence-electron chi connectivity index (χ0n) is 15.8. The van der Waals surface area contributed by atoms with E-state index in [9.17, 15) is 4.79 Å². The van der Waals surface area contributed by atoms with Gasteiger partial charge in [0.25, 0.3) is 0 Å². The van der Waals surface area contributed by atoms with Crippen LogP contribution in [0, 0.1) is 17.8 Å². The Morgan fingerprint density at radius 3 is 1.96 bits per heavy atom. The molecule has 0 spiro atoms. The maximum absolute atomic E-state index is 11.9. The first-order valence-electron chi connectivity index (χ1n) is 9.63. The molecular formula is C19H37N3O. The zero-order valence-corrected chi connectivity index (χ0v) is 15.8. The number of carbonyl (C=O) groups is 1. The maximum atomic E-state index is 11.9. The predicted octanol–water partition coefficient (Wildman–Crippen LogP) is 2.20. The van der Waals surface area contributed by atoms with Crippen LogP contribution in [0.2, 0.25) is 0 Å². The Morgan fingerprint density at radius 1 is 0.870 bits per heavy atom. The molecule has 0 aromatic rings. The standard InChI is InChI=1S/C19H37N3O/c1-16(2)13-20-7-5-18(6-8-20)14-21-9-11-22(12-10-21)15-19(23)17(3)4/h16-18H,5-15H2,1-4H3. The second kappa shape index (κ2) is 9.14. The van der Waals surface area contributed by atoms with Gasteiger partial charge in [0.15, 0.2) is 0 Å². The molecule has 0 atom stereocenters. The SMILES string of the molecule is CC(C)CN1CCC(CN2CCN(CC(=O)C(C)C)CC2)CC1. The van der Waals surface area contributed by atoms with Crippen LogP contribution in [0.25, 0.3) is 0 Å². The summed E-state index contributed by atoms with van der Waals surface area (Å²) < 4.78 is 0. The van der Waals surface area contributed by atoms with Gasteiger partial charge in [0.2, 0.25) is 0 Å². The molecule has 4 nitrogen and oxygen atoms in total. The van der Waals surface area contributed by atoms with E-state index in [1.807, 2.05) is 13.8 Å². The summed E-state index contributed by atoms with van der Waals surface area (Å²) in [5.41, 5.74) is 0. The molecule has 23 heavy (non-hydrogen) atoms. The van der Waals surface area contributed by atoms with E-state index in [0.717, 1.165) is 38.0 Å². The van der Waals surface area contributed by atoms with Crippen molar-refractivity contribution in [2.75, 3.05) is 58.9 Å². The van der Waals surface area contributed by atoms with E-state index in [1.165, 1.54) is 39.0 Å². The van der Waals surface area contributed by atoms with Gasteiger partial charge in [-0.1, -0.05) is 27.7 Å². The lowest BCUT2D eigenvalue weighted by Gasteiger charge is -2.39. The number of Topliss-reactive ketones (excluding diaryl/α,β-unsaturated/α-hetero) is 1. The molecule has 0 radical (unpaired) electrons. The van der Waals surface area contributed by atoms with E-state index in [2.05, 4.69) is 28.5 Å². The van der Waals surface area contributed by atoms with Crippen LogP contribution >= 0.6 is 0 Å². The van der Waals surface area contributed by atoms with Crippen LogP contribution in [-0.4, -0.2) is 79.4 Å². The summed E-state index contributed by atoms with van der Waals surface area (Å²) in [7, 11) is 0. The van der Waals surface area contributed by atoms with Crippen molar-refractivity contribution in [3.63, 3.8) is 0 Å². The molecule has 4 heteroatoms. The number of carbonyl (C=O) groups excluding carboxylic acids is 1. The van der Waals surface area contributed by atoms with E-state index in [0.29, 0.717) is 12.3 Å². The Hall–Kier alpha value is -0.450. The number of likely N-dealkylation sites (tertiary alicyclic amines) is 1. The number of nitrogens with zero attached hydrogens (tertiary/aromatic N) is 3. The largest absolute Gasteiger partial charge is 0.303 e. The number of hydrogen-bond donors (Lipinski definition) is 0. The van der Waals surface area contributed by atoms with Crippen molar-refractivity contribution in [2.45, 2.75) is 40.5 Å². The topological polar surface area (TPSA) is 26.8 Å². The van der Waals surface area contributed by atoms with Crippen molar-refractivity contribution in [2.24, 2.45) is 17.8 Å². The predicted molar refractivity (Wildman–Crippen MR) is 96.7 cm³/mol. The van der Waals surface area contributed by atoms with E-state index in [-0.39, 0.29) is 5.92 Å². The summed E-state index contributed by atoms with van der Waals surface area (Å²) in [5, 5.41) is 0. The molecular weight excluding hydrogens is 286 g/mol. The van der Waals surface area contributed by atoms with Gasteiger partial charge in [-0.2, -0.15) is 0 Å². The average Bonchev–Trinajstić information content (AvgIpc) is 2.50. The van der Waals surface area contributed by atoms with Gasteiger partial charge in [0.05, 0.1) is 6.54 Å². The molecule has 0 N–H and O–H groups in total. The molecule has 2 saturated heterocycles. The molecule has 0 amide bonds. The Kier molecular flexibility index (Phi) is 7.51. The number of hydrogen-bond acceptors (Lipinski definition) is 4. The third-order valence-corrected chi connectivity index (χ3v) is 5.34. The molecule has 2 aliphatic rings. The highest BCUT2D eigenvalue weighted by atomic mass is 16.1. The van der Waals surface area contributed by atoms with E-state index < -0.39 is 0 Å². The van der Waals surface area contributed by atoms with E-state index in [1.54, 1.807) is 0 Å². The van der Waals surface area contributed by atoms with E-state index >= 15 is 0 Å². The highest BCUT2D eigenvalue weighted by Gasteiger charge is 2.24. The zero-order chi connectivity index (χ0) is 16.8. The minimum absolute atomic E-state index is 0.170. The van der Waals surface area contributed by atoms with Gasteiger partial charge in [0.1, 0.15) is 5.78 Å². The highest BCUT2D eigenvalue weighted by Crippen LogP contribution is 2.20. The summed E-state index contributed by atoms with van der Waals surface area (Å²) in [6.07, 6.45) is 2.72. The van der Waals surface area contributed by atoms with Crippen molar-refractivity contribution in [3.8, 4) is 0 Å². The monoisotopic (exact) mass is 323 g/mol. The minimum atomic E-state index is 0.170. The molecule has 2 heterocycles. The van der Waals surface area contributed by atoms with Crippen molar-refractivity contribution >= 4 is 5.78 Å². The molecule has 2 rings (SSSR count). The molecule has 0 unspecified atom stereocenters. The summed E-state index contributed by atoms with van der Waals surface area (Å²) >= 11 is 0. The molecule has 0 aromatic carbocycles. The fraction of sp³-hybridized carbons (Fsp3) is 0.947. The van der Waals surface area contributed by atoms with Crippen molar-refractivity contribution in [3.05, 3.63) is 0 Å². The Balaban J connectivity index is 1.62. The first kappa shape index (κ1) is 18.9. The third-order valence-electron chi connectivity index (χ3n) is 5.34.